The number of methoxy groups -OCH3 is 1. The standard InChI is InChI=1S/C15H16O4S/c1-12-5-3-6-13(9-12)11-20(16,17)19-15-8-4-7-14(10-15)18-2/h3-10H,11H2,1-2H3. The second-order valence-electron chi connectivity index (χ2n) is 4.45. The Balaban J connectivity index is 2.14. The molecule has 0 bridgehead atoms. The van der Waals surface area contributed by atoms with Gasteiger partial charge in [0.05, 0.1) is 7.11 Å². The number of benzene rings is 2. The highest BCUT2D eigenvalue weighted by Gasteiger charge is 2.14. The summed E-state index contributed by atoms with van der Waals surface area (Å²) in [6.45, 7) is 1.92. The quantitative estimate of drug-likeness (QED) is 0.795. The van der Waals surface area contributed by atoms with E-state index in [1.165, 1.54) is 13.2 Å². The third kappa shape index (κ3) is 3.99. The zero-order chi connectivity index (χ0) is 14.6. The first-order valence-corrected chi connectivity index (χ1v) is 7.68. The number of hydrogen-bond donors (Lipinski definition) is 0. The lowest BCUT2D eigenvalue weighted by molar-refractivity contribution is 0.411. The summed E-state index contributed by atoms with van der Waals surface area (Å²) in [6.07, 6.45) is 0. The summed E-state index contributed by atoms with van der Waals surface area (Å²) in [4.78, 5) is 0. The molecule has 0 aliphatic carbocycles. The van der Waals surface area contributed by atoms with E-state index >= 15 is 0 Å². The first-order valence-electron chi connectivity index (χ1n) is 6.10. The molecule has 0 aliphatic rings. The Morgan fingerprint density at radius 2 is 1.70 bits per heavy atom. The summed E-state index contributed by atoms with van der Waals surface area (Å²) in [5, 5.41) is 0. The van der Waals surface area contributed by atoms with E-state index in [-0.39, 0.29) is 11.5 Å². The maximum Gasteiger partial charge on any atom is 0.313 e. The van der Waals surface area contributed by atoms with Gasteiger partial charge in [-0.3, -0.25) is 0 Å². The maximum absolute atomic E-state index is 12.0. The predicted octanol–water partition coefficient (Wildman–Crippen LogP) is 2.91. The number of ether oxygens (including phenoxy) is 1. The zero-order valence-electron chi connectivity index (χ0n) is 11.4. The first kappa shape index (κ1) is 14.4. The molecule has 20 heavy (non-hydrogen) atoms. The SMILES string of the molecule is COc1cccc(OS(=O)(=O)Cc2cccc(C)c2)c1. The molecule has 106 valence electrons. The number of hydrogen-bond acceptors (Lipinski definition) is 4. The van der Waals surface area contributed by atoms with Crippen LogP contribution < -0.4 is 8.92 Å². The molecule has 0 amide bonds. The van der Waals surface area contributed by atoms with Crippen LogP contribution in [-0.2, 0) is 15.9 Å². The van der Waals surface area contributed by atoms with Crippen LogP contribution >= 0.6 is 0 Å². The predicted molar refractivity (Wildman–Crippen MR) is 77.4 cm³/mol. The smallest absolute Gasteiger partial charge is 0.313 e. The Morgan fingerprint density at radius 3 is 2.40 bits per heavy atom. The zero-order valence-corrected chi connectivity index (χ0v) is 12.2. The van der Waals surface area contributed by atoms with Crippen LogP contribution in [0.3, 0.4) is 0 Å². The van der Waals surface area contributed by atoms with Crippen LogP contribution in [0.1, 0.15) is 11.1 Å². The molecule has 2 rings (SSSR count). The maximum atomic E-state index is 12.0. The Morgan fingerprint density at radius 1 is 1.00 bits per heavy atom. The second kappa shape index (κ2) is 5.96. The van der Waals surface area contributed by atoms with Crippen molar-refractivity contribution in [3.05, 3.63) is 59.7 Å². The lowest BCUT2D eigenvalue weighted by atomic mass is 10.2. The van der Waals surface area contributed by atoms with E-state index in [2.05, 4.69) is 0 Å². The largest absolute Gasteiger partial charge is 0.497 e. The average Bonchev–Trinajstić information content (AvgIpc) is 2.37. The lowest BCUT2D eigenvalue weighted by Crippen LogP contribution is -2.12. The highest BCUT2D eigenvalue weighted by molar-refractivity contribution is 7.86. The average molecular weight is 292 g/mol. The van der Waals surface area contributed by atoms with E-state index < -0.39 is 10.1 Å². The van der Waals surface area contributed by atoms with Crippen molar-refractivity contribution in [2.24, 2.45) is 0 Å². The fourth-order valence-electron chi connectivity index (χ4n) is 1.84. The molecule has 0 saturated heterocycles. The van der Waals surface area contributed by atoms with Gasteiger partial charge in [-0.2, -0.15) is 8.42 Å². The molecule has 5 heteroatoms. The fraction of sp³-hybridized carbons (Fsp3) is 0.200. The molecule has 0 N–H and O–H groups in total. The van der Waals surface area contributed by atoms with E-state index in [0.717, 1.165) is 5.56 Å². The van der Waals surface area contributed by atoms with Crippen LogP contribution in [0, 0.1) is 6.92 Å². The molecule has 0 unspecified atom stereocenters. The Kier molecular flexibility index (Phi) is 4.29. The van der Waals surface area contributed by atoms with Crippen molar-refractivity contribution >= 4 is 10.1 Å². The van der Waals surface area contributed by atoms with Crippen LogP contribution in [0.4, 0.5) is 0 Å². The molecular weight excluding hydrogens is 276 g/mol. The van der Waals surface area contributed by atoms with Crippen LogP contribution in [0.25, 0.3) is 0 Å². The Hall–Kier alpha value is -2.01. The summed E-state index contributed by atoms with van der Waals surface area (Å²) in [7, 11) is -2.17. The van der Waals surface area contributed by atoms with Gasteiger partial charge >= 0.3 is 10.1 Å². The molecule has 2 aromatic carbocycles. The minimum Gasteiger partial charge on any atom is -0.497 e. The molecular formula is C15H16O4S. The molecule has 0 aromatic heterocycles. The molecule has 0 radical (unpaired) electrons. The van der Waals surface area contributed by atoms with Gasteiger partial charge in [0, 0.05) is 6.07 Å². The summed E-state index contributed by atoms with van der Waals surface area (Å²) in [6, 6.07) is 13.8. The number of rotatable bonds is 5. The molecule has 0 aliphatic heterocycles. The van der Waals surface area contributed by atoms with E-state index in [0.29, 0.717) is 11.3 Å². The highest BCUT2D eigenvalue weighted by atomic mass is 32.2. The minimum atomic E-state index is -3.68. The van der Waals surface area contributed by atoms with Crippen LogP contribution in [0.5, 0.6) is 11.5 Å². The van der Waals surface area contributed by atoms with Gasteiger partial charge in [-0.05, 0) is 24.6 Å². The number of aryl methyl sites for hydroxylation is 1. The summed E-state index contributed by atoms with van der Waals surface area (Å²) in [5.74, 6) is 0.636. The van der Waals surface area contributed by atoms with Crippen molar-refractivity contribution in [2.75, 3.05) is 7.11 Å². The first-order chi connectivity index (χ1) is 9.48. The van der Waals surface area contributed by atoms with Crippen molar-refractivity contribution in [3.8, 4) is 11.5 Å². The summed E-state index contributed by atoms with van der Waals surface area (Å²) >= 11 is 0. The Labute approximate surface area is 119 Å². The Bertz CT molecular complexity index is 693. The normalized spacial score (nSPS) is 11.1. The fourth-order valence-corrected chi connectivity index (χ4v) is 2.88. The second-order valence-corrected chi connectivity index (χ2v) is 6.02. The minimum absolute atomic E-state index is 0.161. The molecule has 0 heterocycles. The molecule has 0 atom stereocenters. The third-order valence-electron chi connectivity index (χ3n) is 2.69. The molecule has 0 saturated carbocycles. The van der Waals surface area contributed by atoms with E-state index in [1.54, 1.807) is 24.3 Å². The van der Waals surface area contributed by atoms with Crippen molar-refractivity contribution in [1.82, 2.24) is 0 Å². The van der Waals surface area contributed by atoms with Crippen LogP contribution in [0.15, 0.2) is 48.5 Å². The van der Waals surface area contributed by atoms with Gasteiger partial charge in [0.1, 0.15) is 17.3 Å². The summed E-state index contributed by atoms with van der Waals surface area (Å²) in [5.41, 5.74) is 1.71. The monoisotopic (exact) mass is 292 g/mol. The van der Waals surface area contributed by atoms with Crippen molar-refractivity contribution in [3.63, 3.8) is 0 Å². The van der Waals surface area contributed by atoms with Gasteiger partial charge < -0.3 is 8.92 Å². The van der Waals surface area contributed by atoms with Crippen molar-refractivity contribution < 1.29 is 17.3 Å². The topological polar surface area (TPSA) is 52.6 Å². The van der Waals surface area contributed by atoms with E-state index in [9.17, 15) is 8.42 Å². The molecule has 0 spiro atoms. The van der Waals surface area contributed by atoms with Crippen molar-refractivity contribution in [1.29, 1.82) is 0 Å². The van der Waals surface area contributed by atoms with Gasteiger partial charge in [-0.15, -0.1) is 0 Å². The van der Waals surface area contributed by atoms with Crippen molar-refractivity contribution in [2.45, 2.75) is 12.7 Å². The van der Waals surface area contributed by atoms with E-state index in [1.807, 2.05) is 25.1 Å². The summed E-state index contributed by atoms with van der Waals surface area (Å²) < 4.78 is 34.1. The van der Waals surface area contributed by atoms with E-state index in [4.69, 9.17) is 8.92 Å². The molecule has 0 fully saturated rings. The third-order valence-corrected chi connectivity index (χ3v) is 3.82. The van der Waals surface area contributed by atoms with Crippen LogP contribution in [0.2, 0.25) is 0 Å². The molecule has 4 nitrogen and oxygen atoms in total. The van der Waals surface area contributed by atoms with Crippen LogP contribution in [-0.4, -0.2) is 15.5 Å². The highest BCUT2D eigenvalue weighted by Crippen LogP contribution is 2.21. The van der Waals surface area contributed by atoms with Gasteiger partial charge in [0.15, 0.2) is 0 Å². The van der Waals surface area contributed by atoms with Gasteiger partial charge in [-0.25, -0.2) is 0 Å². The van der Waals surface area contributed by atoms with Gasteiger partial charge in [-0.1, -0.05) is 35.9 Å². The van der Waals surface area contributed by atoms with Gasteiger partial charge in [0.25, 0.3) is 0 Å². The van der Waals surface area contributed by atoms with Gasteiger partial charge in [0.2, 0.25) is 0 Å². The molecule has 2 aromatic rings. The lowest BCUT2D eigenvalue weighted by Gasteiger charge is -2.08.